The van der Waals surface area contributed by atoms with Gasteiger partial charge in [0.1, 0.15) is 17.8 Å². The minimum absolute atomic E-state index is 0.0965. The van der Waals surface area contributed by atoms with Crippen LogP contribution in [0.3, 0.4) is 0 Å². The SMILES string of the molecule is CCCC(F)C(CCC)Nc1cc(F)ccc1C(=N)c1ccnc(NC(=O)C2CCC2)c1C(C)C(F)(F)F. The van der Waals surface area contributed by atoms with Crippen LogP contribution in [-0.2, 0) is 4.79 Å². The minimum Gasteiger partial charge on any atom is -0.379 e. The Kier molecular flexibility index (Phi) is 9.84. The average Bonchev–Trinajstić information content (AvgIpc) is 2.81. The molecule has 1 heterocycles. The fraction of sp³-hybridized carbons (Fsp3) is 0.536. The third-order valence-corrected chi connectivity index (χ3v) is 7.09. The van der Waals surface area contributed by atoms with Crippen LogP contribution in [0.1, 0.15) is 88.3 Å². The van der Waals surface area contributed by atoms with Gasteiger partial charge in [0.05, 0.1) is 17.7 Å². The molecule has 0 bridgehead atoms. The third kappa shape index (κ3) is 6.88. The van der Waals surface area contributed by atoms with Crippen LogP contribution < -0.4 is 10.6 Å². The van der Waals surface area contributed by atoms with Crippen molar-refractivity contribution in [1.82, 2.24) is 4.98 Å². The summed E-state index contributed by atoms with van der Waals surface area (Å²) in [5.41, 5.74) is -0.515. The number of amides is 1. The summed E-state index contributed by atoms with van der Waals surface area (Å²) in [6, 6.07) is 4.15. The molecule has 1 aromatic carbocycles. The van der Waals surface area contributed by atoms with Gasteiger partial charge in [-0.1, -0.05) is 33.1 Å². The van der Waals surface area contributed by atoms with E-state index in [0.717, 1.165) is 25.5 Å². The molecule has 2 aromatic rings. The topological polar surface area (TPSA) is 77.9 Å². The fourth-order valence-electron chi connectivity index (χ4n) is 4.61. The molecule has 3 unspecified atom stereocenters. The summed E-state index contributed by atoms with van der Waals surface area (Å²) in [7, 11) is 0. The fourth-order valence-corrected chi connectivity index (χ4v) is 4.61. The van der Waals surface area contributed by atoms with Crippen LogP contribution in [0.2, 0.25) is 0 Å². The molecule has 208 valence electrons. The average molecular weight is 539 g/mol. The van der Waals surface area contributed by atoms with Gasteiger partial charge in [0, 0.05) is 34.5 Å². The van der Waals surface area contributed by atoms with Crippen LogP contribution in [0.4, 0.5) is 33.5 Å². The van der Waals surface area contributed by atoms with E-state index >= 15 is 0 Å². The molecule has 38 heavy (non-hydrogen) atoms. The van der Waals surface area contributed by atoms with E-state index in [1.165, 1.54) is 18.3 Å². The predicted molar refractivity (Wildman–Crippen MR) is 139 cm³/mol. The van der Waals surface area contributed by atoms with Crippen LogP contribution in [0.5, 0.6) is 0 Å². The molecule has 1 aliphatic rings. The first-order valence-electron chi connectivity index (χ1n) is 13.1. The Morgan fingerprint density at radius 1 is 1.13 bits per heavy atom. The molecule has 1 amide bonds. The molecule has 0 radical (unpaired) electrons. The highest BCUT2D eigenvalue weighted by Crippen LogP contribution is 2.40. The van der Waals surface area contributed by atoms with E-state index < -0.39 is 36.0 Å². The standard InChI is InChI=1S/C28H35F5N4O/c1-4-7-21(30)22(8-5-2)36-23-15-18(29)11-12-19(23)25(34)20-13-14-35-26(24(20)16(3)28(31,32)33)37-27(38)17-9-6-10-17/h11-17,21-22,34,36H,4-10H2,1-3H3,(H,35,37,38). The monoisotopic (exact) mass is 538 g/mol. The number of nitrogens with zero attached hydrogens (tertiary/aromatic N) is 1. The molecule has 3 N–H and O–H groups in total. The summed E-state index contributed by atoms with van der Waals surface area (Å²) in [5.74, 6) is -3.61. The van der Waals surface area contributed by atoms with Crippen molar-refractivity contribution < 1.29 is 26.7 Å². The highest BCUT2D eigenvalue weighted by atomic mass is 19.4. The van der Waals surface area contributed by atoms with Gasteiger partial charge in [-0.3, -0.25) is 10.2 Å². The lowest BCUT2D eigenvalue weighted by molar-refractivity contribution is -0.146. The molecular weight excluding hydrogens is 503 g/mol. The molecule has 3 rings (SSSR count). The number of alkyl halides is 4. The van der Waals surface area contributed by atoms with Gasteiger partial charge in [-0.15, -0.1) is 0 Å². The van der Waals surface area contributed by atoms with Crippen molar-refractivity contribution in [3.8, 4) is 0 Å². The van der Waals surface area contributed by atoms with Gasteiger partial charge in [0.2, 0.25) is 5.91 Å². The van der Waals surface area contributed by atoms with E-state index in [4.69, 9.17) is 5.41 Å². The second-order valence-corrected chi connectivity index (χ2v) is 9.91. The number of pyridine rings is 1. The molecule has 0 spiro atoms. The summed E-state index contributed by atoms with van der Waals surface area (Å²) in [6.45, 7) is 4.70. The smallest absolute Gasteiger partial charge is 0.379 e. The third-order valence-electron chi connectivity index (χ3n) is 7.09. The Morgan fingerprint density at radius 2 is 1.82 bits per heavy atom. The number of carbonyl (C=O) groups excluding carboxylic acids is 1. The summed E-state index contributed by atoms with van der Waals surface area (Å²) in [6.07, 6.45) is -0.459. The number of carbonyl (C=O) groups is 1. The van der Waals surface area contributed by atoms with E-state index in [1.807, 2.05) is 13.8 Å². The van der Waals surface area contributed by atoms with Crippen molar-refractivity contribution in [2.24, 2.45) is 5.92 Å². The maximum atomic E-state index is 14.9. The zero-order valence-corrected chi connectivity index (χ0v) is 21.9. The van der Waals surface area contributed by atoms with Gasteiger partial charge in [0.15, 0.2) is 0 Å². The normalized spacial score (nSPS) is 16.3. The molecule has 1 aromatic heterocycles. The molecule has 3 atom stereocenters. The van der Waals surface area contributed by atoms with Gasteiger partial charge >= 0.3 is 6.18 Å². The van der Waals surface area contributed by atoms with Gasteiger partial charge < -0.3 is 10.6 Å². The van der Waals surface area contributed by atoms with Gasteiger partial charge in [-0.2, -0.15) is 13.2 Å². The Hall–Kier alpha value is -3.04. The second-order valence-electron chi connectivity index (χ2n) is 9.91. The summed E-state index contributed by atoms with van der Waals surface area (Å²) < 4.78 is 71.1. The quantitative estimate of drug-likeness (QED) is 0.191. The van der Waals surface area contributed by atoms with Crippen LogP contribution in [-0.4, -0.2) is 35.0 Å². The first-order valence-corrected chi connectivity index (χ1v) is 13.1. The highest BCUT2D eigenvalue weighted by Gasteiger charge is 2.41. The van der Waals surface area contributed by atoms with Crippen LogP contribution in [0, 0.1) is 17.1 Å². The number of hydrogen-bond acceptors (Lipinski definition) is 4. The number of halogens is 5. The van der Waals surface area contributed by atoms with E-state index in [1.54, 1.807) is 0 Å². The molecule has 5 nitrogen and oxygen atoms in total. The maximum Gasteiger partial charge on any atom is 0.395 e. The molecule has 0 saturated heterocycles. The Morgan fingerprint density at radius 3 is 2.39 bits per heavy atom. The molecular formula is C28H35F5N4O. The first kappa shape index (κ1) is 29.5. The van der Waals surface area contributed by atoms with Crippen molar-refractivity contribution in [3.05, 3.63) is 53.0 Å². The number of nitrogens with one attached hydrogen (secondary N) is 3. The molecule has 1 aliphatic carbocycles. The summed E-state index contributed by atoms with van der Waals surface area (Å²) in [5, 5.41) is 14.5. The second kappa shape index (κ2) is 12.7. The molecule has 1 saturated carbocycles. The summed E-state index contributed by atoms with van der Waals surface area (Å²) >= 11 is 0. The zero-order valence-electron chi connectivity index (χ0n) is 21.9. The van der Waals surface area contributed by atoms with E-state index in [9.17, 15) is 26.7 Å². The number of benzene rings is 1. The van der Waals surface area contributed by atoms with Crippen LogP contribution in [0.25, 0.3) is 0 Å². The number of hydrogen-bond donors (Lipinski definition) is 3. The molecule has 1 fully saturated rings. The number of anilines is 2. The van der Waals surface area contributed by atoms with E-state index in [2.05, 4.69) is 15.6 Å². The lowest BCUT2D eigenvalue weighted by Gasteiger charge is -2.27. The minimum atomic E-state index is -4.67. The number of rotatable bonds is 12. The molecule has 0 aliphatic heterocycles. The summed E-state index contributed by atoms with van der Waals surface area (Å²) in [4.78, 5) is 16.6. The van der Waals surface area contributed by atoms with Crippen molar-refractivity contribution in [3.63, 3.8) is 0 Å². The highest BCUT2D eigenvalue weighted by molar-refractivity contribution is 6.15. The Balaban J connectivity index is 2.07. The van der Waals surface area contributed by atoms with E-state index in [0.29, 0.717) is 38.5 Å². The van der Waals surface area contributed by atoms with Crippen LogP contribution in [0.15, 0.2) is 30.5 Å². The van der Waals surface area contributed by atoms with Crippen molar-refractivity contribution in [1.29, 1.82) is 5.41 Å². The van der Waals surface area contributed by atoms with Gasteiger partial charge in [0.25, 0.3) is 0 Å². The van der Waals surface area contributed by atoms with Crippen molar-refractivity contribution in [2.75, 3.05) is 10.6 Å². The lowest BCUT2D eigenvalue weighted by Crippen LogP contribution is -2.32. The predicted octanol–water partition coefficient (Wildman–Crippen LogP) is 7.76. The number of aromatic nitrogens is 1. The lowest BCUT2D eigenvalue weighted by atomic mass is 9.84. The van der Waals surface area contributed by atoms with Crippen LogP contribution >= 0.6 is 0 Å². The maximum absolute atomic E-state index is 14.9. The zero-order chi connectivity index (χ0) is 28.0. The van der Waals surface area contributed by atoms with E-state index in [-0.39, 0.29) is 39.8 Å². The largest absolute Gasteiger partial charge is 0.395 e. The van der Waals surface area contributed by atoms with Gasteiger partial charge in [-0.05, 0) is 56.9 Å². The Bertz CT molecular complexity index is 1130. The Labute approximate surface area is 220 Å². The van der Waals surface area contributed by atoms with Crippen molar-refractivity contribution >= 4 is 23.1 Å². The first-order chi connectivity index (χ1) is 18.0. The van der Waals surface area contributed by atoms with Crippen molar-refractivity contribution in [2.45, 2.75) is 90.0 Å². The molecule has 10 heteroatoms. The van der Waals surface area contributed by atoms with Gasteiger partial charge in [-0.25, -0.2) is 13.8 Å².